The Morgan fingerprint density at radius 1 is 0.943 bits per heavy atom. The maximum atomic E-state index is 13.0. The molecule has 0 aliphatic carbocycles. The van der Waals surface area contributed by atoms with E-state index in [1.54, 1.807) is 12.1 Å². The van der Waals surface area contributed by atoms with Gasteiger partial charge in [-0.3, -0.25) is 0 Å². The van der Waals surface area contributed by atoms with Crippen LogP contribution < -0.4 is 20.3 Å². The van der Waals surface area contributed by atoms with Gasteiger partial charge < -0.3 is 20.3 Å². The van der Waals surface area contributed by atoms with E-state index in [0.717, 1.165) is 54.2 Å². The normalized spacial score (nSPS) is 15.3. The monoisotopic (exact) mass is 483 g/mol. The van der Waals surface area contributed by atoms with Crippen LogP contribution in [0.4, 0.5) is 18.9 Å². The van der Waals surface area contributed by atoms with Crippen molar-refractivity contribution in [3.8, 4) is 5.75 Å². The lowest BCUT2D eigenvalue weighted by Crippen LogP contribution is -2.33. The lowest BCUT2D eigenvalue weighted by molar-refractivity contribution is -0.137. The van der Waals surface area contributed by atoms with Gasteiger partial charge in [-0.1, -0.05) is 48.5 Å². The molecule has 3 aromatic rings. The number of hydrogen-bond donors (Lipinski definition) is 2. The Balaban J connectivity index is 1.59. The molecule has 0 spiro atoms. The average molecular weight is 484 g/mol. The SMILES string of the molecule is CNC[C@H](N[C@@H](CCc1ccc(C(F)(F)F)cc1)c1ccc2c(c1)OCCN2C)c1ccccc1. The maximum absolute atomic E-state index is 13.0. The van der Waals surface area contributed by atoms with E-state index in [4.69, 9.17) is 4.74 Å². The first-order valence-electron chi connectivity index (χ1n) is 11.9. The molecule has 35 heavy (non-hydrogen) atoms. The molecule has 0 saturated heterocycles. The minimum Gasteiger partial charge on any atom is -0.490 e. The van der Waals surface area contributed by atoms with Gasteiger partial charge in [0.15, 0.2) is 0 Å². The van der Waals surface area contributed by atoms with Crippen molar-refractivity contribution in [1.29, 1.82) is 0 Å². The van der Waals surface area contributed by atoms with Gasteiger partial charge in [0.25, 0.3) is 0 Å². The van der Waals surface area contributed by atoms with Gasteiger partial charge in [0.2, 0.25) is 0 Å². The number of benzene rings is 3. The van der Waals surface area contributed by atoms with Crippen molar-refractivity contribution in [2.45, 2.75) is 31.1 Å². The molecule has 1 aliphatic rings. The highest BCUT2D eigenvalue weighted by Crippen LogP contribution is 2.35. The standard InChI is InChI=1S/C28H32F3N3O/c1-32-19-25(21-6-4-3-5-7-21)33-24(14-10-20-8-12-23(13-9-20)28(29,30)31)22-11-15-26-27(18-22)35-17-16-34(26)2/h3-9,11-13,15,18,24-25,32-33H,10,14,16-17,19H2,1-2H3/t24-,25-/m0/s1. The fourth-order valence-electron chi connectivity index (χ4n) is 4.51. The highest BCUT2D eigenvalue weighted by molar-refractivity contribution is 5.61. The van der Waals surface area contributed by atoms with E-state index in [0.29, 0.717) is 13.0 Å². The molecule has 4 rings (SSSR count). The first-order valence-corrected chi connectivity index (χ1v) is 11.9. The minimum absolute atomic E-state index is 0.0167. The number of aryl methyl sites for hydroxylation is 1. The Morgan fingerprint density at radius 2 is 1.69 bits per heavy atom. The number of hydrogen-bond acceptors (Lipinski definition) is 4. The lowest BCUT2D eigenvalue weighted by Gasteiger charge is -2.30. The summed E-state index contributed by atoms with van der Waals surface area (Å²) < 4.78 is 44.8. The van der Waals surface area contributed by atoms with Crippen LogP contribution in [0.25, 0.3) is 0 Å². The molecule has 186 valence electrons. The molecule has 3 aromatic carbocycles. The molecular weight excluding hydrogens is 451 g/mol. The smallest absolute Gasteiger partial charge is 0.416 e. The predicted octanol–water partition coefficient (Wildman–Crippen LogP) is 5.76. The Kier molecular flexibility index (Phi) is 7.98. The average Bonchev–Trinajstić information content (AvgIpc) is 2.86. The third kappa shape index (κ3) is 6.35. The van der Waals surface area contributed by atoms with Crippen LogP contribution in [0.3, 0.4) is 0 Å². The second-order valence-corrected chi connectivity index (χ2v) is 8.97. The molecule has 2 atom stereocenters. The topological polar surface area (TPSA) is 36.5 Å². The molecule has 0 unspecified atom stereocenters. The second-order valence-electron chi connectivity index (χ2n) is 8.97. The summed E-state index contributed by atoms with van der Waals surface area (Å²) in [6, 6.07) is 22.1. The summed E-state index contributed by atoms with van der Waals surface area (Å²) in [5.41, 5.74) is 3.60. The molecule has 0 amide bonds. The van der Waals surface area contributed by atoms with Crippen LogP contribution >= 0.6 is 0 Å². The second kappa shape index (κ2) is 11.1. The highest BCUT2D eigenvalue weighted by atomic mass is 19.4. The summed E-state index contributed by atoms with van der Waals surface area (Å²) in [5.74, 6) is 0.863. The summed E-state index contributed by atoms with van der Waals surface area (Å²) in [7, 11) is 3.98. The van der Waals surface area contributed by atoms with Crippen molar-refractivity contribution in [2.24, 2.45) is 0 Å². The molecule has 1 heterocycles. The molecule has 0 saturated carbocycles. The molecule has 0 bridgehead atoms. The number of rotatable bonds is 9. The zero-order chi connectivity index (χ0) is 24.8. The molecular formula is C28H32F3N3O. The molecule has 4 nitrogen and oxygen atoms in total. The van der Waals surface area contributed by atoms with Crippen LogP contribution in [0, 0.1) is 0 Å². The summed E-state index contributed by atoms with van der Waals surface area (Å²) in [5, 5.41) is 7.07. The summed E-state index contributed by atoms with van der Waals surface area (Å²) >= 11 is 0. The van der Waals surface area contributed by atoms with E-state index in [1.807, 2.05) is 25.2 Å². The molecule has 7 heteroatoms. The number of nitrogens with one attached hydrogen (secondary N) is 2. The van der Waals surface area contributed by atoms with Crippen LogP contribution in [-0.2, 0) is 12.6 Å². The quantitative estimate of drug-likeness (QED) is 0.406. The van der Waals surface area contributed by atoms with Gasteiger partial charge in [0.05, 0.1) is 17.8 Å². The third-order valence-corrected chi connectivity index (χ3v) is 6.50. The number of nitrogens with zero attached hydrogens (tertiary/aromatic N) is 1. The van der Waals surface area contributed by atoms with Crippen molar-refractivity contribution >= 4 is 5.69 Å². The van der Waals surface area contributed by atoms with Gasteiger partial charge in [-0.25, -0.2) is 0 Å². The zero-order valence-electron chi connectivity index (χ0n) is 20.1. The van der Waals surface area contributed by atoms with Crippen LogP contribution in [0.1, 0.15) is 40.8 Å². The Morgan fingerprint density at radius 3 is 2.37 bits per heavy atom. The van der Waals surface area contributed by atoms with Crippen molar-refractivity contribution < 1.29 is 17.9 Å². The molecule has 2 N–H and O–H groups in total. The number of alkyl halides is 3. The van der Waals surface area contributed by atoms with Gasteiger partial charge in [-0.15, -0.1) is 0 Å². The third-order valence-electron chi connectivity index (χ3n) is 6.50. The van der Waals surface area contributed by atoms with Crippen LogP contribution in [0.2, 0.25) is 0 Å². The first-order chi connectivity index (χ1) is 16.8. The molecule has 0 aromatic heterocycles. The largest absolute Gasteiger partial charge is 0.490 e. The van der Waals surface area contributed by atoms with E-state index in [-0.39, 0.29) is 12.1 Å². The Labute approximate surface area is 205 Å². The van der Waals surface area contributed by atoms with E-state index in [2.05, 4.69) is 52.9 Å². The van der Waals surface area contributed by atoms with Crippen molar-refractivity contribution in [2.75, 3.05) is 38.7 Å². The Hall–Kier alpha value is -3.03. The fraction of sp³-hybridized carbons (Fsp3) is 0.357. The van der Waals surface area contributed by atoms with Crippen LogP contribution in [0.15, 0.2) is 72.8 Å². The minimum atomic E-state index is -4.32. The van der Waals surface area contributed by atoms with Crippen LogP contribution in [-0.4, -0.2) is 33.8 Å². The Bertz CT molecular complexity index is 1090. The zero-order valence-corrected chi connectivity index (χ0v) is 20.1. The summed E-state index contributed by atoms with van der Waals surface area (Å²) in [6.45, 7) is 2.23. The van der Waals surface area contributed by atoms with Crippen LogP contribution in [0.5, 0.6) is 5.75 Å². The number of anilines is 1. The number of fused-ring (bicyclic) bond motifs is 1. The van der Waals surface area contributed by atoms with Gasteiger partial charge in [-0.05, 0) is 60.8 Å². The summed E-state index contributed by atoms with van der Waals surface area (Å²) in [4.78, 5) is 2.18. The van der Waals surface area contributed by atoms with Crippen molar-refractivity contribution in [3.63, 3.8) is 0 Å². The van der Waals surface area contributed by atoms with Gasteiger partial charge in [0, 0.05) is 25.7 Å². The number of halogens is 3. The van der Waals surface area contributed by atoms with Crippen molar-refractivity contribution in [1.82, 2.24) is 10.6 Å². The highest BCUT2D eigenvalue weighted by Gasteiger charge is 2.30. The summed E-state index contributed by atoms with van der Waals surface area (Å²) in [6.07, 6.45) is -2.95. The molecule has 0 radical (unpaired) electrons. The number of ether oxygens (including phenoxy) is 1. The molecule has 1 aliphatic heterocycles. The van der Waals surface area contributed by atoms with E-state index in [9.17, 15) is 13.2 Å². The van der Waals surface area contributed by atoms with Gasteiger partial charge in [-0.2, -0.15) is 13.2 Å². The first kappa shape index (κ1) is 25.1. The lowest BCUT2D eigenvalue weighted by atomic mass is 9.95. The van der Waals surface area contributed by atoms with Gasteiger partial charge >= 0.3 is 6.18 Å². The van der Waals surface area contributed by atoms with Crippen molar-refractivity contribution in [3.05, 3.63) is 95.1 Å². The van der Waals surface area contributed by atoms with E-state index >= 15 is 0 Å². The number of likely N-dealkylation sites (N-methyl/N-ethyl adjacent to an activating group) is 2. The predicted molar refractivity (Wildman–Crippen MR) is 134 cm³/mol. The van der Waals surface area contributed by atoms with E-state index in [1.165, 1.54) is 5.56 Å². The maximum Gasteiger partial charge on any atom is 0.416 e. The van der Waals surface area contributed by atoms with Gasteiger partial charge in [0.1, 0.15) is 12.4 Å². The molecule has 0 fully saturated rings. The fourth-order valence-corrected chi connectivity index (χ4v) is 4.51. The van der Waals surface area contributed by atoms with E-state index < -0.39 is 11.7 Å².